The monoisotopic (exact) mass is 436 g/mol. The molecule has 4 nitrogen and oxygen atoms in total. The molecule has 0 saturated carbocycles. The number of benzene rings is 3. The fourth-order valence-electron chi connectivity index (χ4n) is 4.08. The van der Waals surface area contributed by atoms with E-state index >= 15 is 0 Å². The highest BCUT2D eigenvalue weighted by Crippen LogP contribution is 2.51. The third-order valence-electron chi connectivity index (χ3n) is 5.69. The SMILES string of the molecule is COc1ccc(C2(C(F)(F)F)Cn3c(nc(-c4ccccc4)c3-c3ccccc3)O2)cc1. The summed E-state index contributed by atoms with van der Waals surface area (Å²) in [6, 6.07) is 24.4. The van der Waals surface area contributed by atoms with E-state index in [9.17, 15) is 13.2 Å². The van der Waals surface area contributed by atoms with Crippen molar-refractivity contribution in [2.45, 2.75) is 18.3 Å². The highest BCUT2D eigenvalue weighted by molar-refractivity contribution is 5.80. The van der Waals surface area contributed by atoms with E-state index in [0.717, 1.165) is 11.1 Å². The Morgan fingerprint density at radius 1 is 0.875 bits per heavy atom. The molecule has 7 heteroatoms. The molecule has 162 valence electrons. The number of hydrogen-bond acceptors (Lipinski definition) is 3. The van der Waals surface area contributed by atoms with E-state index in [4.69, 9.17) is 9.47 Å². The van der Waals surface area contributed by atoms with Crippen molar-refractivity contribution in [1.29, 1.82) is 0 Å². The van der Waals surface area contributed by atoms with Crippen molar-refractivity contribution in [3.8, 4) is 34.3 Å². The second-order valence-corrected chi connectivity index (χ2v) is 7.57. The molecule has 1 unspecified atom stereocenters. The quantitative estimate of drug-likeness (QED) is 0.389. The molecular weight excluding hydrogens is 417 g/mol. The van der Waals surface area contributed by atoms with Gasteiger partial charge in [0, 0.05) is 16.7 Å². The molecule has 1 aromatic heterocycles. The van der Waals surface area contributed by atoms with Gasteiger partial charge in [-0.3, -0.25) is 4.57 Å². The third-order valence-corrected chi connectivity index (χ3v) is 5.69. The van der Waals surface area contributed by atoms with Crippen LogP contribution in [0.5, 0.6) is 11.8 Å². The van der Waals surface area contributed by atoms with E-state index in [1.807, 2.05) is 60.7 Å². The van der Waals surface area contributed by atoms with Gasteiger partial charge in [-0.15, -0.1) is 0 Å². The van der Waals surface area contributed by atoms with Gasteiger partial charge in [0.1, 0.15) is 11.4 Å². The predicted molar refractivity (Wildman–Crippen MR) is 114 cm³/mol. The minimum absolute atomic E-state index is 0.00317. The molecule has 5 rings (SSSR count). The van der Waals surface area contributed by atoms with Crippen molar-refractivity contribution in [3.05, 3.63) is 90.5 Å². The zero-order valence-corrected chi connectivity index (χ0v) is 17.1. The van der Waals surface area contributed by atoms with Gasteiger partial charge in [-0.1, -0.05) is 72.8 Å². The van der Waals surface area contributed by atoms with E-state index in [1.54, 1.807) is 0 Å². The largest absolute Gasteiger partial charge is 0.497 e. The molecule has 0 saturated heterocycles. The summed E-state index contributed by atoms with van der Waals surface area (Å²) >= 11 is 0. The van der Waals surface area contributed by atoms with Crippen molar-refractivity contribution >= 4 is 0 Å². The van der Waals surface area contributed by atoms with Gasteiger partial charge < -0.3 is 9.47 Å². The maximum atomic E-state index is 14.5. The summed E-state index contributed by atoms with van der Waals surface area (Å²) in [6.45, 7) is -0.442. The number of ether oxygens (including phenoxy) is 2. The molecular formula is C25H19F3N2O2. The normalized spacial score (nSPS) is 17.6. The number of alkyl halides is 3. The van der Waals surface area contributed by atoms with Crippen molar-refractivity contribution < 1.29 is 22.6 Å². The number of imidazole rings is 1. The lowest BCUT2D eigenvalue weighted by Crippen LogP contribution is -2.47. The zero-order valence-electron chi connectivity index (χ0n) is 17.1. The number of aromatic nitrogens is 2. The van der Waals surface area contributed by atoms with Crippen LogP contribution >= 0.6 is 0 Å². The van der Waals surface area contributed by atoms with Crippen LogP contribution in [-0.2, 0) is 12.1 Å². The van der Waals surface area contributed by atoms with Crippen LogP contribution in [0, 0.1) is 0 Å². The van der Waals surface area contributed by atoms with E-state index < -0.39 is 18.3 Å². The molecule has 1 aliphatic rings. The van der Waals surface area contributed by atoms with Crippen LogP contribution in [0.15, 0.2) is 84.9 Å². The van der Waals surface area contributed by atoms with Crippen LogP contribution in [0.4, 0.5) is 13.2 Å². The Morgan fingerprint density at radius 2 is 1.47 bits per heavy atom. The number of hydrogen-bond donors (Lipinski definition) is 0. The minimum Gasteiger partial charge on any atom is -0.497 e. The summed E-state index contributed by atoms with van der Waals surface area (Å²) in [6.07, 6.45) is -4.66. The molecule has 4 aromatic rings. The number of methoxy groups -OCH3 is 1. The maximum Gasteiger partial charge on any atom is 0.434 e. The number of rotatable bonds is 4. The molecule has 2 heterocycles. The van der Waals surface area contributed by atoms with Gasteiger partial charge in [-0.2, -0.15) is 18.2 Å². The summed E-state index contributed by atoms with van der Waals surface area (Å²) in [5, 5.41) is 0. The van der Waals surface area contributed by atoms with Crippen LogP contribution in [0.2, 0.25) is 0 Å². The summed E-state index contributed by atoms with van der Waals surface area (Å²) < 4.78 is 55.8. The van der Waals surface area contributed by atoms with Gasteiger partial charge in [0.2, 0.25) is 5.60 Å². The topological polar surface area (TPSA) is 36.3 Å². The van der Waals surface area contributed by atoms with Crippen molar-refractivity contribution in [1.82, 2.24) is 9.55 Å². The molecule has 0 radical (unpaired) electrons. The predicted octanol–water partition coefficient (Wildman–Crippen LogP) is 6.08. The van der Waals surface area contributed by atoms with Crippen LogP contribution < -0.4 is 9.47 Å². The molecule has 1 atom stereocenters. The van der Waals surface area contributed by atoms with Gasteiger partial charge in [-0.05, 0) is 12.1 Å². The van der Waals surface area contributed by atoms with Crippen LogP contribution in [0.1, 0.15) is 5.56 Å². The Labute approximate surface area is 182 Å². The van der Waals surface area contributed by atoms with Gasteiger partial charge >= 0.3 is 6.18 Å². The lowest BCUT2D eigenvalue weighted by Gasteiger charge is -2.30. The maximum absolute atomic E-state index is 14.5. The summed E-state index contributed by atoms with van der Waals surface area (Å²) in [5.74, 6) is 0.471. The van der Waals surface area contributed by atoms with Crippen molar-refractivity contribution in [2.75, 3.05) is 7.11 Å². The molecule has 0 amide bonds. The number of halogens is 3. The van der Waals surface area contributed by atoms with Gasteiger partial charge in [0.25, 0.3) is 6.01 Å². The lowest BCUT2D eigenvalue weighted by molar-refractivity contribution is -0.250. The third kappa shape index (κ3) is 3.12. The van der Waals surface area contributed by atoms with E-state index in [2.05, 4.69) is 4.98 Å². The fourth-order valence-corrected chi connectivity index (χ4v) is 4.08. The molecule has 0 spiro atoms. The first kappa shape index (κ1) is 20.2. The standard InChI is InChI=1S/C25H19F3N2O2/c1-31-20-14-12-19(13-15-20)24(25(26,27)28)16-30-22(18-10-6-3-7-11-18)21(29-23(30)32-24)17-8-4-2-5-9-17/h2-15H,16H2,1H3. The second kappa shape index (κ2) is 7.44. The molecule has 0 aliphatic carbocycles. The number of nitrogens with zero attached hydrogens (tertiary/aromatic N) is 2. The first-order chi connectivity index (χ1) is 15.4. The Kier molecular flexibility index (Phi) is 4.69. The van der Waals surface area contributed by atoms with Crippen molar-refractivity contribution in [3.63, 3.8) is 0 Å². The average Bonchev–Trinajstić information content (AvgIpc) is 3.36. The van der Waals surface area contributed by atoms with E-state index in [1.165, 1.54) is 35.9 Å². The minimum atomic E-state index is -4.66. The lowest BCUT2D eigenvalue weighted by atomic mass is 9.92. The van der Waals surface area contributed by atoms with Gasteiger partial charge in [0.15, 0.2) is 0 Å². The van der Waals surface area contributed by atoms with E-state index in [0.29, 0.717) is 17.1 Å². The summed E-state index contributed by atoms with van der Waals surface area (Å²) in [7, 11) is 1.47. The fraction of sp³-hybridized carbons (Fsp3) is 0.160. The summed E-state index contributed by atoms with van der Waals surface area (Å²) in [5.41, 5.74) is 0.195. The molecule has 0 fully saturated rings. The highest BCUT2D eigenvalue weighted by Gasteiger charge is 2.63. The Bertz CT molecular complexity index is 1240. The molecule has 0 bridgehead atoms. The first-order valence-electron chi connectivity index (χ1n) is 10.0. The highest BCUT2D eigenvalue weighted by atomic mass is 19.4. The zero-order chi connectivity index (χ0) is 22.3. The molecule has 1 aliphatic heterocycles. The number of fused-ring (bicyclic) bond motifs is 1. The van der Waals surface area contributed by atoms with Crippen LogP contribution in [-0.4, -0.2) is 22.8 Å². The Morgan fingerprint density at radius 3 is 2.03 bits per heavy atom. The molecule has 32 heavy (non-hydrogen) atoms. The van der Waals surface area contributed by atoms with Gasteiger partial charge in [0.05, 0.1) is 19.3 Å². The average molecular weight is 436 g/mol. The molecule has 3 aromatic carbocycles. The van der Waals surface area contributed by atoms with Crippen molar-refractivity contribution in [2.24, 2.45) is 0 Å². The Hall–Kier alpha value is -3.74. The smallest absolute Gasteiger partial charge is 0.434 e. The van der Waals surface area contributed by atoms with Crippen LogP contribution in [0.25, 0.3) is 22.5 Å². The second-order valence-electron chi connectivity index (χ2n) is 7.57. The summed E-state index contributed by atoms with van der Waals surface area (Å²) in [4.78, 5) is 4.52. The molecule has 0 N–H and O–H groups in total. The first-order valence-corrected chi connectivity index (χ1v) is 10.0. The van der Waals surface area contributed by atoms with E-state index in [-0.39, 0.29) is 11.6 Å². The Balaban J connectivity index is 1.68. The van der Waals surface area contributed by atoms with Crippen LogP contribution in [0.3, 0.4) is 0 Å². The van der Waals surface area contributed by atoms with Gasteiger partial charge in [-0.25, -0.2) is 0 Å².